The summed E-state index contributed by atoms with van der Waals surface area (Å²) in [5.74, 6) is -0.0173. The van der Waals surface area contributed by atoms with Gasteiger partial charge in [0.2, 0.25) is 0 Å². The van der Waals surface area contributed by atoms with Crippen molar-refractivity contribution in [2.45, 2.75) is 88.9 Å². The summed E-state index contributed by atoms with van der Waals surface area (Å²) < 4.78 is 45.9. The maximum absolute atomic E-state index is 13.8. The lowest BCUT2D eigenvalue weighted by Gasteiger charge is -2.16. The van der Waals surface area contributed by atoms with Crippen molar-refractivity contribution < 1.29 is 43.4 Å². The fraction of sp³-hybridized carbons (Fsp3) is 0.633. The van der Waals surface area contributed by atoms with Gasteiger partial charge in [0.05, 0.1) is 31.2 Å². The average molecular weight is 725 g/mol. The molecule has 0 radical (unpaired) electrons. The molecule has 2 aliphatic rings. The Bertz CT molecular complexity index is 1780. The molecule has 21 heteroatoms. The van der Waals surface area contributed by atoms with Crippen molar-refractivity contribution in [1.82, 2.24) is 48.8 Å². The normalized spacial score (nSPS) is 26.8. The predicted octanol–water partition coefficient (Wildman–Crippen LogP) is 0.333. The maximum Gasteiger partial charge on any atom is 0.312 e. The molecule has 6 heterocycles. The Labute approximate surface area is 292 Å². The van der Waals surface area contributed by atoms with E-state index in [0.29, 0.717) is 12.8 Å². The van der Waals surface area contributed by atoms with Crippen LogP contribution in [0.15, 0.2) is 17.6 Å². The molecule has 51 heavy (non-hydrogen) atoms. The Morgan fingerprint density at radius 1 is 0.843 bits per heavy atom. The highest BCUT2D eigenvalue weighted by Gasteiger charge is 2.44. The number of fused-ring (bicyclic) bond motifs is 2. The molecule has 0 amide bonds. The van der Waals surface area contributed by atoms with Crippen molar-refractivity contribution in [3.8, 4) is 0 Å². The first-order valence-electron chi connectivity index (χ1n) is 16.1. The SMILES string of the molecule is CC[C@H]1OC(n2cnc3c(N)nc(F)nc32)[C@H](O)[C@@H]1O.CC[C@H]1OC(n2cnc3c(N=CN(C)C)nc(F)nc32)[C@H](O)[C@@H]1O.COC(C)N(C)C. The molecule has 2 saturated heterocycles. The molecule has 0 aromatic carbocycles. The number of aliphatic hydroxyl groups is 4. The molecule has 282 valence electrons. The van der Waals surface area contributed by atoms with Crippen LogP contribution < -0.4 is 5.73 Å². The van der Waals surface area contributed by atoms with Crippen LogP contribution in [0.25, 0.3) is 22.3 Å². The molecule has 4 aromatic heterocycles. The van der Waals surface area contributed by atoms with Crippen LogP contribution in [0.2, 0.25) is 0 Å². The van der Waals surface area contributed by atoms with Gasteiger partial charge in [-0.25, -0.2) is 15.0 Å². The Morgan fingerprint density at radius 2 is 1.31 bits per heavy atom. The zero-order valence-electron chi connectivity index (χ0n) is 29.6. The van der Waals surface area contributed by atoms with Crippen LogP contribution >= 0.6 is 0 Å². The second-order valence-electron chi connectivity index (χ2n) is 12.3. The summed E-state index contributed by atoms with van der Waals surface area (Å²) in [4.78, 5) is 30.3. The fourth-order valence-corrected chi connectivity index (χ4v) is 5.22. The van der Waals surface area contributed by atoms with Crippen molar-refractivity contribution in [3.05, 3.63) is 24.8 Å². The molecule has 2 aliphatic heterocycles. The number of aromatic nitrogens is 8. The van der Waals surface area contributed by atoms with Gasteiger partial charge in [0.15, 0.2) is 46.4 Å². The first-order valence-corrected chi connectivity index (χ1v) is 16.1. The van der Waals surface area contributed by atoms with Crippen LogP contribution in [-0.2, 0) is 14.2 Å². The zero-order valence-corrected chi connectivity index (χ0v) is 29.6. The van der Waals surface area contributed by atoms with E-state index in [2.05, 4.69) is 34.9 Å². The molecule has 6 rings (SSSR count). The van der Waals surface area contributed by atoms with Gasteiger partial charge in [-0.3, -0.25) is 14.0 Å². The number of halogens is 2. The third-order valence-corrected chi connectivity index (χ3v) is 8.30. The van der Waals surface area contributed by atoms with Crippen LogP contribution in [0.1, 0.15) is 46.1 Å². The third kappa shape index (κ3) is 8.69. The average Bonchev–Trinajstić information content (AvgIpc) is 3.84. The van der Waals surface area contributed by atoms with Gasteiger partial charge >= 0.3 is 12.2 Å². The Kier molecular flexibility index (Phi) is 13.2. The first-order chi connectivity index (χ1) is 24.1. The highest BCUT2D eigenvalue weighted by molar-refractivity contribution is 5.83. The molecule has 0 spiro atoms. The second kappa shape index (κ2) is 17.0. The number of hydrogen-bond acceptors (Lipinski definition) is 16. The van der Waals surface area contributed by atoms with Crippen LogP contribution in [0.5, 0.6) is 0 Å². The van der Waals surface area contributed by atoms with Crippen LogP contribution in [-0.4, -0.2) is 154 Å². The van der Waals surface area contributed by atoms with E-state index < -0.39 is 61.2 Å². The van der Waals surface area contributed by atoms with E-state index >= 15 is 0 Å². The molecule has 0 saturated carbocycles. The van der Waals surface area contributed by atoms with Crippen LogP contribution in [0.4, 0.5) is 20.4 Å². The van der Waals surface area contributed by atoms with Gasteiger partial charge in [-0.15, -0.1) is 0 Å². The number of nitrogen functional groups attached to an aromatic ring is 1. The maximum atomic E-state index is 13.8. The molecule has 6 N–H and O–H groups in total. The Hall–Kier alpha value is -4.09. The van der Waals surface area contributed by atoms with Crippen molar-refractivity contribution in [2.24, 2.45) is 4.99 Å². The van der Waals surface area contributed by atoms with Crippen LogP contribution in [0.3, 0.4) is 0 Å². The summed E-state index contributed by atoms with van der Waals surface area (Å²) in [6.07, 6.45) is -3.68. The number of rotatable bonds is 8. The van der Waals surface area contributed by atoms with Gasteiger partial charge in [-0.1, -0.05) is 13.8 Å². The summed E-state index contributed by atoms with van der Waals surface area (Å²) in [5, 5.41) is 40.1. The van der Waals surface area contributed by atoms with E-state index in [4.69, 9.17) is 19.9 Å². The van der Waals surface area contributed by atoms with E-state index in [-0.39, 0.29) is 40.2 Å². The minimum absolute atomic E-state index is 0.0741. The van der Waals surface area contributed by atoms with Crippen molar-refractivity contribution in [3.63, 3.8) is 0 Å². The Morgan fingerprint density at radius 3 is 1.73 bits per heavy atom. The second-order valence-corrected chi connectivity index (χ2v) is 12.3. The molecule has 9 atom stereocenters. The lowest BCUT2D eigenvalue weighted by atomic mass is 10.1. The number of methoxy groups -OCH3 is 1. The quantitative estimate of drug-likeness (QED) is 0.0712. The minimum Gasteiger partial charge on any atom is -0.388 e. The van der Waals surface area contributed by atoms with Gasteiger partial charge in [0.1, 0.15) is 30.6 Å². The lowest BCUT2D eigenvalue weighted by Crippen LogP contribution is -2.31. The lowest BCUT2D eigenvalue weighted by molar-refractivity contribution is -0.0356. The monoisotopic (exact) mass is 724 g/mol. The zero-order chi connectivity index (χ0) is 37.7. The predicted molar refractivity (Wildman–Crippen MR) is 179 cm³/mol. The number of hydrogen-bond donors (Lipinski definition) is 5. The number of anilines is 1. The Balaban J connectivity index is 0.000000195. The number of nitrogens with two attached hydrogens (primary N) is 1. The van der Waals surface area contributed by atoms with Gasteiger partial charge in [-0.2, -0.15) is 28.7 Å². The number of ether oxygens (including phenoxy) is 3. The van der Waals surface area contributed by atoms with E-state index in [0.717, 1.165) is 0 Å². The van der Waals surface area contributed by atoms with Gasteiger partial charge in [-0.05, 0) is 33.9 Å². The molecule has 0 aliphatic carbocycles. The minimum atomic E-state index is -1.17. The topological polar surface area (TPSA) is 241 Å². The summed E-state index contributed by atoms with van der Waals surface area (Å²) in [6.45, 7) is 5.67. The summed E-state index contributed by atoms with van der Waals surface area (Å²) >= 11 is 0. The van der Waals surface area contributed by atoms with E-state index in [1.165, 1.54) is 28.1 Å². The molecular formula is C30H46F2N12O7. The van der Waals surface area contributed by atoms with Gasteiger partial charge < -0.3 is 45.3 Å². The first kappa shape index (κ1) is 39.7. The summed E-state index contributed by atoms with van der Waals surface area (Å²) in [5.41, 5.74) is 6.32. The highest BCUT2D eigenvalue weighted by Crippen LogP contribution is 2.35. The van der Waals surface area contributed by atoms with Gasteiger partial charge in [0, 0.05) is 21.2 Å². The third-order valence-electron chi connectivity index (χ3n) is 8.30. The molecular weight excluding hydrogens is 678 g/mol. The van der Waals surface area contributed by atoms with E-state index in [1.807, 2.05) is 39.8 Å². The van der Waals surface area contributed by atoms with Crippen LogP contribution in [0, 0.1) is 12.2 Å². The molecule has 0 bridgehead atoms. The number of aliphatic hydroxyl groups excluding tert-OH is 4. The number of imidazole rings is 2. The van der Waals surface area contributed by atoms with Crippen molar-refractivity contribution >= 4 is 40.3 Å². The summed E-state index contributed by atoms with van der Waals surface area (Å²) in [7, 11) is 9.20. The smallest absolute Gasteiger partial charge is 0.312 e. The van der Waals surface area contributed by atoms with Gasteiger partial charge in [0.25, 0.3) is 0 Å². The van der Waals surface area contributed by atoms with Crippen molar-refractivity contribution in [2.75, 3.05) is 41.0 Å². The molecule has 4 aromatic rings. The highest BCUT2D eigenvalue weighted by atomic mass is 19.1. The fourth-order valence-electron chi connectivity index (χ4n) is 5.22. The number of nitrogens with zero attached hydrogens (tertiary/aromatic N) is 11. The number of aliphatic imine (C=N–C) groups is 1. The van der Waals surface area contributed by atoms with E-state index in [9.17, 15) is 29.2 Å². The molecule has 2 fully saturated rings. The standard InChI is InChI=1S/C14H19FN6O3.C11H14FN5O3.C5H13NO/c1-4-7-9(22)10(23)13(24-7)21-6-16-8-11(17-5-20(2)3)18-14(15)19-12(8)21;1-2-4-6(18)7(19)10(20-4)17-3-14-5-8(13)15-11(12)16-9(5)17;1-5(7-4)6(2)3/h5-7,9-10,13,22-23H,4H2,1-3H3;3-4,6-7,10,18-19H,2H2,1H3,(H2,13,15,16);5H,1-4H3/t7-,9-,10-,13?;4-,6-,7-,10?;/m11./s1. The summed E-state index contributed by atoms with van der Waals surface area (Å²) in [6, 6.07) is 0. The van der Waals surface area contributed by atoms with E-state index in [1.54, 1.807) is 26.1 Å². The molecule has 19 nitrogen and oxygen atoms in total. The largest absolute Gasteiger partial charge is 0.388 e. The molecule has 3 unspecified atom stereocenters. The van der Waals surface area contributed by atoms with Crippen molar-refractivity contribution in [1.29, 1.82) is 0 Å².